The van der Waals surface area contributed by atoms with Crippen LogP contribution < -0.4 is 5.32 Å². The summed E-state index contributed by atoms with van der Waals surface area (Å²) >= 11 is 0. The Hall–Kier alpha value is -1.16. The molecule has 2 heterocycles. The SMILES string of the molecule is CC(CNc1ncnc2c1CCCC2)N1CCCC1. The van der Waals surface area contributed by atoms with Crippen molar-refractivity contribution in [2.45, 2.75) is 51.5 Å². The van der Waals surface area contributed by atoms with Crippen LogP contribution in [-0.4, -0.2) is 40.5 Å². The van der Waals surface area contributed by atoms with Gasteiger partial charge < -0.3 is 5.32 Å². The number of fused-ring (bicyclic) bond motifs is 1. The van der Waals surface area contributed by atoms with Crippen LogP contribution in [0.2, 0.25) is 0 Å². The van der Waals surface area contributed by atoms with E-state index in [0.717, 1.165) is 25.2 Å². The zero-order valence-corrected chi connectivity index (χ0v) is 11.9. The smallest absolute Gasteiger partial charge is 0.132 e. The molecule has 4 nitrogen and oxygen atoms in total. The molecule has 3 rings (SSSR count). The van der Waals surface area contributed by atoms with E-state index in [0.29, 0.717) is 6.04 Å². The minimum Gasteiger partial charge on any atom is -0.368 e. The van der Waals surface area contributed by atoms with Gasteiger partial charge in [-0.1, -0.05) is 0 Å². The third kappa shape index (κ3) is 2.89. The van der Waals surface area contributed by atoms with E-state index in [1.807, 2.05) is 0 Å². The summed E-state index contributed by atoms with van der Waals surface area (Å²) in [7, 11) is 0. The highest BCUT2D eigenvalue weighted by atomic mass is 15.2. The fraction of sp³-hybridized carbons (Fsp3) is 0.733. The van der Waals surface area contributed by atoms with Crippen LogP contribution >= 0.6 is 0 Å². The summed E-state index contributed by atoms with van der Waals surface area (Å²) < 4.78 is 0. The molecule has 1 N–H and O–H groups in total. The molecule has 0 radical (unpaired) electrons. The number of likely N-dealkylation sites (tertiary alicyclic amines) is 1. The van der Waals surface area contributed by atoms with Gasteiger partial charge in [0.2, 0.25) is 0 Å². The molecule has 4 heteroatoms. The van der Waals surface area contributed by atoms with E-state index < -0.39 is 0 Å². The van der Waals surface area contributed by atoms with Crippen molar-refractivity contribution in [1.82, 2.24) is 14.9 Å². The lowest BCUT2D eigenvalue weighted by molar-refractivity contribution is 0.269. The molecule has 19 heavy (non-hydrogen) atoms. The van der Waals surface area contributed by atoms with Gasteiger partial charge in [-0.05, 0) is 58.5 Å². The van der Waals surface area contributed by atoms with E-state index in [4.69, 9.17) is 0 Å². The first kappa shape index (κ1) is 12.9. The topological polar surface area (TPSA) is 41.1 Å². The van der Waals surface area contributed by atoms with Crippen LogP contribution in [0.5, 0.6) is 0 Å². The summed E-state index contributed by atoms with van der Waals surface area (Å²) in [4.78, 5) is 11.4. The number of aryl methyl sites for hydroxylation is 1. The normalized spacial score (nSPS) is 21.1. The summed E-state index contributed by atoms with van der Waals surface area (Å²) in [6.45, 7) is 5.81. The molecule has 1 aliphatic carbocycles. The monoisotopic (exact) mass is 260 g/mol. The lowest BCUT2D eigenvalue weighted by atomic mass is 9.96. The number of hydrogen-bond acceptors (Lipinski definition) is 4. The minimum absolute atomic E-state index is 0.594. The van der Waals surface area contributed by atoms with Crippen LogP contribution in [0.1, 0.15) is 43.9 Å². The Labute approximate surface area is 115 Å². The van der Waals surface area contributed by atoms with Crippen molar-refractivity contribution in [2.75, 3.05) is 25.0 Å². The standard InChI is InChI=1S/C15H24N4/c1-12(19-8-4-5-9-19)10-16-15-13-6-2-3-7-14(13)17-11-18-15/h11-12H,2-10H2,1H3,(H,16,17,18). The molecule has 1 atom stereocenters. The van der Waals surface area contributed by atoms with Crippen LogP contribution in [0.3, 0.4) is 0 Å². The maximum absolute atomic E-state index is 4.45. The number of aromatic nitrogens is 2. The van der Waals surface area contributed by atoms with Gasteiger partial charge in [0.1, 0.15) is 12.1 Å². The van der Waals surface area contributed by atoms with Gasteiger partial charge in [-0.2, -0.15) is 0 Å². The zero-order valence-electron chi connectivity index (χ0n) is 11.9. The maximum atomic E-state index is 4.45. The minimum atomic E-state index is 0.594. The number of nitrogens with one attached hydrogen (secondary N) is 1. The first-order valence-corrected chi connectivity index (χ1v) is 7.65. The van der Waals surface area contributed by atoms with E-state index in [9.17, 15) is 0 Å². The van der Waals surface area contributed by atoms with E-state index in [1.54, 1.807) is 6.33 Å². The van der Waals surface area contributed by atoms with Crippen LogP contribution in [0.25, 0.3) is 0 Å². The third-order valence-electron chi connectivity index (χ3n) is 4.45. The summed E-state index contributed by atoms with van der Waals surface area (Å²) in [6.07, 6.45) is 9.22. The second-order valence-corrected chi connectivity index (χ2v) is 5.83. The molecule has 1 fully saturated rings. The van der Waals surface area contributed by atoms with Crippen LogP contribution in [0.4, 0.5) is 5.82 Å². The van der Waals surface area contributed by atoms with Gasteiger partial charge in [-0.3, -0.25) is 4.90 Å². The summed E-state index contributed by atoms with van der Waals surface area (Å²) in [6, 6.07) is 0.594. The molecule has 2 aliphatic rings. The molecule has 0 amide bonds. The Balaban J connectivity index is 1.63. The molecule has 0 spiro atoms. The van der Waals surface area contributed by atoms with Crippen molar-refractivity contribution < 1.29 is 0 Å². The molecule has 1 aromatic rings. The molecular formula is C15H24N4. The second kappa shape index (κ2) is 5.87. The Morgan fingerprint density at radius 2 is 1.95 bits per heavy atom. The number of rotatable bonds is 4. The van der Waals surface area contributed by atoms with Gasteiger partial charge in [0.25, 0.3) is 0 Å². The van der Waals surface area contributed by atoms with Crippen LogP contribution in [0, 0.1) is 0 Å². The first-order chi connectivity index (χ1) is 9.34. The van der Waals surface area contributed by atoms with Crippen molar-refractivity contribution >= 4 is 5.82 Å². The fourth-order valence-corrected chi connectivity index (χ4v) is 3.23. The zero-order chi connectivity index (χ0) is 13.1. The summed E-state index contributed by atoms with van der Waals surface area (Å²) in [5, 5.41) is 3.56. The van der Waals surface area contributed by atoms with Crippen molar-refractivity contribution in [3.63, 3.8) is 0 Å². The van der Waals surface area contributed by atoms with Crippen molar-refractivity contribution in [3.05, 3.63) is 17.6 Å². The third-order valence-corrected chi connectivity index (χ3v) is 4.45. The lowest BCUT2D eigenvalue weighted by Gasteiger charge is -2.25. The van der Waals surface area contributed by atoms with Gasteiger partial charge >= 0.3 is 0 Å². The molecule has 1 saturated heterocycles. The predicted octanol–water partition coefficient (Wildman–Crippen LogP) is 2.25. The Bertz CT molecular complexity index is 426. The molecule has 0 aromatic carbocycles. The first-order valence-electron chi connectivity index (χ1n) is 7.65. The van der Waals surface area contributed by atoms with Gasteiger partial charge in [-0.15, -0.1) is 0 Å². The molecule has 1 unspecified atom stereocenters. The number of hydrogen-bond donors (Lipinski definition) is 1. The largest absolute Gasteiger partial charge is 0.368 e. The number of anilines is 1. The van der Waals surface area contributed by atoms with E-state index in [1.165, 1.54) is 50.0 Å². The molecular weight excluding hydrogens is 236 g/mol. The predicted molar refractivity (Wildman–Crippen MR) is 77.4 cm³/mol. The van der Waals surface area contributed by atoms with Gasteiger partial charge in [0.15, 0.2) is 0 Å². The highest BCUT2D eigenvalue weighted by Gasteiger charge is 2.19. The summed E-state index contributed by atoms with van der Waals surface area (Å²) in [5.74, 6) is 1.08. The Morgan fingerprint density at radius 3 is 2.79 bits per heavy atom. The van der Waals surface area contributed by atoms with Crippen molar-refractivity contribution in [1.29, 1.82) is 0 Å². The van der Waals surface area contributed by atoms with Crippen molar-refractivity contribution in [3.8, 4) is 0 Å². The average Bonchev–Trinajstić information content (AvgIpc) is 2.99. The van der Waals surface area contributed by atoms with E-state index in [2.05, 4.69) is 27.1 Å². The molecule has 104 valence electrons. The van der Waals surface area contributed by atoms with Gasteiger partial charge in [0.05, 0.1) is 0 Å². The maximum Gasteiger partial charge on any atom is 0.132 e. The van der Waals surface area contributed by atoms with Gasteiger partial charge in [0, 0.05) is 23.8 Å². The quantitative estimate of drug-likeness (QED) is 0.901. The molecule has 0 saturated carbocycles. The number of nitrogens with zero attached hydrogens (tertiary/aromatic N) is 3. The average molecular weight is 260 g/mol. The van der Waals surface area contributed by atoms with Crippen molar-refractivity contribution in [2.24, 2.45) is 0 Å². The Kier molecular flexibility index (Phi) is 3.97. The highest BCUT2D eigenvalue weighted by molar-refractivity contribution is 5.47. The van der Waals surface area contributed by atoms with Crippen LogP contribution in [0.15, 0.2) is 6.33 Å². The lowest BCUT2D eigenvalue weighted by Crippen LogP contribution is -2.36. The summed E-state index contributed by atoms with van der Waals surface area (Å²) in [5.41, 5.74) is 2.62. The molecule has 1 aliphatic heterocycles. The molecule has 1 aromatic heterocycles. The Morgan fingerprint density at radius 1 is 1.16 bits per heavy atom. The highest BCUT2D eigenvalue weighted by Crippen LogP contribution is 2.24. The van der Waals surface area contributed by atoms with Crippen LogP contribution in [-0.2, 0) is 12.8 Å². The molecule has 0 bridgehead atoms. The van der Waals surface area contributed by atoms with E-state index >= 15 is 0 Å². The van der Waals surface area contributed by atoms with E-state index in [-0.39, 0.29) is 0 Å². The van der Waals surface area contributed by atoms with Gasteiger partial charge in [-0.25, -0.2) is 9.97 Å². The fourth-order valence-electron chi connectivity index (χ4n) is 3.23. The second-order valence-electron chi connectivity index (χ2n) is 5.83.